The van der Waals surface area contributed by atoms with Gasteiger partial charge < -0.3 is 10.2 Å². The Morgan fingerprint density at radius 1 is 1.56 bits per heavy atom. The van der Waals surface area contributed by atoms with Crippen LogP contribution < -0.4 is 5.32 Å². The summed E-state index contributed by atoms with van der Waals surface area (Å²) in [5.41, 5.74) is 0. The molecule has 0 bridgehead atoms. The Kier molecular flexibility index (Phi) is 4.75. The number of amides is 1. The van der Waals surface area contributed by atoms with Crippen LogP contribution in [0, 0.1) is 5.92 Å². The number of nitrogens with one attached hydrogen (secondary N) is 1. The van der Waals surface area contributed by atoms with E-state index in [1.807, 2.05) is 6.07 Å². The number of carbonyl (C=O) groups excluding carboxylic acids is 1. The molecule has 0 aromatic carbocycles. The average Bonchev–Trinajstić information content (AvgIpc) is 2.82. The summed E-state index contributed by atoms with van der Waals surface area (Å²) in [6, 6.07) is 1.82. The predicted octanol–water partition coefficient (Wildman–Crippen LogP) is 0.731. The van der Waals surface area contributed by atoms with E-state index in [0.29, 0.717) is 6.54 Å². The second-order valence-corrected chi connectivity index (χ2v) is 5.10. The van der Waals surface area contributed by atoms with Gasteiger partial charge in [-0.05, 0) is 31.4 Å². The van der Waals surface area contributed by atoms with Crippen LogP contribution in [0.2, 0.25) is 0 Å². The first-order valence-electron chi connectivity index (χ1n) is 6.70. The van der Waals surface area contributed by atoms with Crippen molar-refractivity contribution in [2.24, 2.45) is 5.92 Å². The molecule has 0 spiro atoms. The van der Waals surface area contributed by atoms with Crippen molar-refractivity contribution in [3.63, 3.8) is 0 Å². The van der Waals surface area contributed by atoms with E-state index < -0.39 is 0 Å². The molecule has 100 valence electrons. The van der Waals surface area contributed by atoms with Crippen LogP contribution in [-0.2, 0) is 11.3 Å². The molecule has 5 heteroatoms. The number of carbonyl (C=O) groups is 1. The molecular weight excluding hydrogens is 228 g/mol. The fourth-order valence-electron chi connectivity index (χ4n) is 2.44. The van der Waals surface area contributed by atoms with Gasteiger partial charge in [0, 0.05) is 32.0 Å². The lowest BCUT2D eigenvalue weighted by Gasteiger charge is -2.30. The van der Waals surface area contributed by atoms with Crippen LogP contribution in [-0.4, -0.2) is 46.8 Å². The highest BCUT2D eigenvalue weighted by atomic mass is 16.2. The number of hydrogen-bond acceptors (Lipinski definition) is 3. The van der Waals surface area contributed by atoms with Crippen LogP contribution in [0.4, 0.5) is 0 Å². The molecule has 0 saturated carbocycles. The van der Waals surface area contributed by atoms with Crippen LogP contribution in [0.3, 0.4) is 0 Å². The molecule has 5 nitrogen and oxygen atoms in total. The Morgan fingerprint density at radius 3 is 3.17 bits per heavy atom. The molecule has 1 fully saturated rings. The molecule has 0 radical (unpaired) electrons. The van der Waals surface area contributed by atoms with Crippen molar-refractivity contribution in [2.75, 3.05) is 26.2 Å². The Bertz CT molecular complexity index is 363. The van der Waals surface area contributed by atoms with Gasteiger partial charge in [-0.2, -0.15) is 5.10 Å². The first-order valence-corrected chi connectivity index (χ1v) is 6.70. The van der Waals surface area contributed by atoms with Gasteiger partial charge in [0.2, 0.25) is 5.91 Å². The quantitative estimate of drug-likeness (QED) is 0.838. The van der Waals surface area contributed by atoms with Crippen molar-refractivity contribution in [2.45, 2.75) is 26.3 Å². The molecule has 1 aromatic heterocycles. The summed E-state index contributed by atoms with van der Waals surface area (Å²) in [7, 11) is 0. The van der Waals surface area contributed by atoms with Crippen molar-refractivity contribution in [3.8, 4) is 0 Å². The highest BCUT2D eigenvalue weighted by Crippen LogP contribution is 2.14. The van der Waals surface area contributed by atoms with Crippen molar-refractivity contribution in [3.05, 3.63) is 18.5 Å². The number of likely N-dealkylation sites (tertiary alicyclic amines) is 1. The maximum absolute atomic E-state index is 11.6. The molecule has 1 atom stereocenters. The SMILES string of the molecule is C[C@H]1CCCN(CCNC(=O)Cn2cccn2)C1. The third kappa shape index (κ3) is 4.14. The van der Waals surface area contributed by atoms with Gasteiger partial charge >= 0.3 is 0 Å². The number of piperidine rings is 1. The van der Waals surface area contributed by atoms with Crippen LogP contribution in [0.1, 0.15) is 19.8 Å². The van der Waals surface area contributed by atoms with E-state index in [1.165, 1.54) is 19.4 Å². The zero-order valence-corrected chi connectivity index (χ0v) is 11.0. The van der Waals surface area contributed by atoms with Crippen molar-refractivity contribution < 1.29 is 4.79 Å². The number of rotatable bonds is 5. The predicted molar refractivity (Wildman–Crippen MR) is 70.1 cm³/mol. The van der Waals surface area contributed by atoms with E-state index in [2.05, 4.69) is 22.2 Å². The molecule has 2 rings (SSSR count). The summed E-state index contributed by atoms with van der Waals surface area (Å²) >= 11 is 0. The molecule has 0 unspecified atom stereocenters. The van der Waals surface area contributed by atoms with Crippen LogP contribution in [0.5, 0.6) is 0 Å². The maximum atomic E-state index is 11.6. The van der Waals surface area contributed by atoms with Gasteiger partial charge in [0.15, 0.2) is 0 Å². The second-order valence-electron chi connectivity index (χ2n) is 5.10. The Balaban J connectivity index is 1.61. The topological polar surface area (TPSA) is 50.2 Å². The van der Waals surface area contributed by atoms with Gasteiger partial charge in [0.1, 0.15) is 6.54 Å². The summed E-state index contributed by atoms with van der Waals surface area (Å²) in [6.45, 7) is 6.61. The number of nitrogens with zero attached hydrogens (tertiary/aromatic N) is 3. The number of aromatic nitrogens is 2. The third-order valence-electron chi connectivity index (χ3n) is 3.36. The normalized spacial score (nSPS) is 20.8. The summed E-state index contributed by atoms with van der Waals surface area (Å²) in [5.74, 6) is 0.822. The molecule has 1 aliphatic rings. The van der Waals surface area contributed by atoms with Crippen molar-refractivity contribution >= 4 is 5.91 Å². The molecule has 1 saturated heterocycles. The van der Waals surface area contributed by atoms with Gasteiger partial charge in [-0.15, -0.1) is 0 Å². The standard InChI is InChI=1S/C13H22N4O/c1-12-4-2-7-16(10-12)9-6-14-13(18)11-17-8-3-5-15-17/h3,5,8,12H,2,4,6-7,9-11H2,1H3,(H,14,18)/t12-/m0/s1. The zero-order chi connectivity index (χ0) is 12.8. The summed E-state index contributed by atoms with van der Waals surface area (Å²) < 4.78 is 1.64. The van der Waals surface area contributed by atoms with E-state index >= 15 is 0 Å². The van der Waals surface area contributed by atoms with E-state index in [-0.39, 0.29) is 5.91 Å². The lowest BCUT2D eigenvalue weighted by molar-refractivity contribution is -0.121. The van der Waals surface area contributed by atoms with Crippen LogP contribution in [0.25, 0.3) is 0 Å². The largest absolute Gasteiger partial charge is 0.353 e. The van der Waals surface area contributed by atoms with Crippen molar-refractivity contribution in [1.29, 1.82) is 0 Å². The van der Waals surface area contributed by atoms with Crippen molar-refractivity contribution in [1.82, 2.24) is 20.0 Å². The van der Waals surface area contributed by atoms with Crippen LogP contribution in [0.15, 0.2) is 18.5 Å². The van der Waals surface area contributed by atoms with E-state index in [0.717, 1.165) is 25.6 Å². The smallest absolute Gasteiger partial charge is 0.241 e. The minimum Gasteiger partial charge on any atom is -0.353 e. The van der Waals surface area contributed by atoms with E-state index in [1.54, 1.807) is 17.1 Å². The molecule has 1 aromatic rings. The highest BCUT2D eigenvalue weighted by Gasteiger charge is 2.15. The summed E-state index contributed by atoms with van der Waals surface area (Å²) in [6.07, 6.45) is 6.10. The number of hydrogen-bond donors (Lipinski definition) is 1. The maximum Gasteiger partial charge on any atom is 0.241 e. The fraction of sp³-hybridized carbons (Fsp3) is 0.692. The molecule has 1 aliphatic heterocycles. The van der Waals surface area contributed by atoms with Gasteiger partial charge in [0.05, 0.1) is 0 Å². The highest BCUT2D eigenvalue weighted by molar-refractivity contribution is 5.75. The first-order chi connectivity index (χ1) is 8.74. The molecule has 0 aliphatic carbocycles. The second kappa shape index (κ2) is 6.54. The molecular formula is C13H22N4O. The molecule has 1 N–H and O–H groups in total. The van der Waals surface area contributed by atoms with Gasteiger partial charge in [0.25, 0.3) is 0 Å². The third-order valence-corrected chi connectivity index (χ3v) is 3.36. The molecule has 18 heavy (non-hydrogen) atoms. The Morgan fingerprint density at radius 2 is 2.44 bits per heavy atom. The Hall–Kier alpha value is -1.36. The fourth-order valence-corrected chi connectivity index (χ4v) is 2.44. The van der Waals surface area contributed by atoms with E-state index in [9.17, 15) is 4.79 Å². The van der Waals surface area contributed by atoms with Gasteiger partial charge in [-0.25, -0.2) is 0 Å². The van der Waals surface area contributed by atoms with Crippen LogP contribution >= 0.6 is 0 Å². The van der Waals surface area contributed by atoms with E-state index in [4.69, 9.17) is 0 Å². The average molecular weight is 250 g/mol. The Labute approximate surface area is 108 Å². The van der Waals surface area contributed by atoms with Gasteiger partial charge in [-0.1, -0.05) is 6.92 Å². The van der Waals surface area contributed by atoms with Gasteiger partial charge in [-0.3, -0.25) is 9.48 Å². The first kappa shape index (κ1) is 13.1. The monoisotopic (exact) mass is 250 g/mol. The minimum atomic E-state index is 0.0313. The zero-order valence-electron chi connectivity index (χ0n) is 11.0. The molecule has 1 amide bonds. The lowest BCUT2D eigenvalue weighted by atomic mass is 10.0. The summed E-state index contributed by atoms with van der Waals surface area (Å²) in [5, 5.41) is 6.95. The molecule has 2 heterocycles. The lowest BCUT2D eigenvalue weighted by Crippen LogP contribution is -2.40. The minimum absolute atomic E-state index is 0.0313. The summed E-state index contributed by atoms with van der Waals surface area (Å²) in [4.78, 5) is 14.1.